The molecule has 3 heteroatoms. The first-order valence-electron chi connectivity index (χ1n) is 6.19. The van der Waals surface area contributed by atoms with Gasteiger partial charge in [-0.3, -0.25) is 0 Å². The van der Waals surface area contributed by atoms with Gasteiger partial charge in [-0.15, -0.1) is 11.8 Å². The zero-order valence-corrected chi connectivity index (χ0v) is 12.3. The Morgan fingerprint density at radius 3 is 2.68 bits per heavy atom. The highest BCUT2D eigenvalue weighted by Gasteiger charge is 2.25. The highest BCUT2D eigenvalue weighted by molar-refractivity contribution is 8.23. The fourth-order valence-electron chi connectivity index (χ4n) is 2.43. The van der Waals surface area contributed by atoms with Gasteiger partial charge in [0.1, 0.15) is 5.75 Å². The van der Waals surface area contributed by atoms with E-state index in [-0.39, 0.29) is 0 Å². The van der Waals surface area contributed by atoms with Crippen LogP contribution in [0.4, 0.5) is 0 Å². The van der Waals surface area contributed by atoms with Crippen molar-refractivity contribution < 1.29 is 4.74 Å². The summed E-state index contributed by atoms with van der Waals surface area (Å²) in [6.07, 6.45) is 0. The first-order chi connectivity index (χ1) is 9.29. The van der Waals surface area contributed by atoms with Crippen molar-refractivity contribution in [1.29, 1.82) is 0 Å². The van der Waals surface area contributed by atoms with Crippen LogP contribution in [0.3, 0.4) is 0 Å². The molecule has 0 aromatic heterocycles. The van der Waals surface area contributed by atoms with E-state index in [0.717, 1.165) is 15.7 Å². The number of hydrogen-bond donors (Lipinski definition) is 0. The quantitative estimate of drug-likeness (QED) is 0.764. The number of thiocarbonyl (C=S) groups is 1. The normalized spacial score (nSPS) is 17.9. The van der Waals surface area contributed by atoms with Gasteiger partial charge in [-0.2, -0.15) is 0 Å². The topological polar surface area (TPSA) is 9.23 Å². The van der Waals surface area contributed by atoms with Crippen LogP contribution < -0.4 is 4.74 Å². The SMILES string of the molecule is COc1ccc2c(c1)C(c1ccccc1)CSC2=S. The smallest absolute Gasteiger partial charge is 0.119 e. The molecule has 0 aliphatic carbocycles. The van der Waals surface area contributed by atoms with Gasteiger partial charge >= 0.3 is 0 Å². The fourth-order valence-corrected chi connectivity index (χ4v) is 3.85. The maximum absolute atomic E-state index is 5.47. The molecule has 19 heavy (non-hydrogen) atoms. The summed E-state index contributed by atoms with van der Waals surface area (Å²) < 4.78 is 6.34. The molecule has 1 aliphatic heterocycles. The minimum Gasteiger partial charge on any atom is -0.497 e. The summed E-state index contributed by atoms with van der Waals surface area (Å²) in [6, 6.07) is 16.8. The molecule has 2 aromatic carbocycles. The van der Waals surface area contributed by atoms with Crippen molar-refractivity contribution in [2.75, 3.05) is 12.9 Å². The Balaban J connectivity index is 2.11. The van der Waals surface area contributed by atoms with E-state index in [9.17, 15) is 0 Å². The first-order valence-corrected chi connectivity index (χ1v) is 7.59. The van der Waals surface area contributed by atoms with Crippen LogP contribution in [-0.2, 0) is 0 Å². The average Bonchev–Trinajstić information content (AvgIpc) is 2.48. The standard InChI is InChI=1S/C16H14OS2/c1-17-12-7-8-13-14(9-12)15(10-19-16(13)18)11-5-3-2-4-6-11/h2-9,15H,10H2,1H3. The van der Waals surface area contributed by atoms with Crippen LogP contribution in [0.2, 0.25) is 0 Å². The molecule has 0 fully saturated rings. The molecule has 3 rings (SSSR count). The summed E-state index contributed by atoms with van der Waals surface area (Å²) in [7, 11) is 1.70. The zero-order valence-electron chi connectivity index (χ0n) is 10.6. The highest BCUT2D eigenvalue weighted by Crippen LogP contribution is 2.39. The van der Waals surface area contributed by atoms with Gasteiger partial charge in [0.05, 0.1) is 11.3 Å². The Kier molecular flexibility index (Phi) is 3.58. The van der Waals surface area contributed by atoms with Crippen LogP contribution in [0.25, 0.3) is 0 Å². The molecule has 0 amide bonds. The molecule has 0 saturated carbocycles. The third-order valence-corrected chi connectivity index (χ3v) is 4.99. The van der Waals surface area contributed by atoms with Crippen molar-refractivity contribution >= 4 is 28.2 Å². The Morgan fingerprint density at radius 1 is 1.16 bits per heavy atom. The summed E-state index contributed by atoms with van der Waals surface area (Å²) in [5.74, 6) is 2.29. The zero-order chi connectivity index (χ0) is 13.2. The second-order valence-electron chi connectivity index (χ2n) is 4.51. The van der Waals surface area contributed by atoms with Crippen LogP contribution >= 0.6 is 24.0 Å². The number of ether oxygens (including phenoxy) is 1. The molecule has 1 nitrogen and oxygen atoms in total. The van der Waals surface area contributed by atoms with Gasteiger partial charge < -0.3 is 4.74 Å². The maximum Gasteiger partial charge on any atom is 0.119 e. The van der Waals surface area contributed by atoms with E-state index in [1.807, 2.05) is 6.07 Å². The Morgan fingerprint density at radius 2 is 1.95 bits per heavy atom. The number of rotatable bonds is 2. The maximum atomic E-state index is 5.47. The number of methoxy groups -OCH3 is 1. The molecular weight excluding hydrogens is 272 g/mol. The van der Waals surface area contributed by atoms with Gasteiger partial charge in [-0.05, 0) is 29.3 Å². The average molecular weight is 286 g/mol. The molecule has 96 valence electrons. The lowest BCUT2D eigenvalue weighted by atomic mass is 9.89. The first kappa shape index (κ1) is 12.7. The molecular formula is C16H14OS2. The third kappa shape index (κ3) is 2.40. The van der Waals surface area contributed by atoms with Gasteiger partial charge in [0.15, 0.2) is 0 Å². The van der Waals surface area contributed by atoms with Gasteiger partial charge in [0.2, 0.25) is 0 Å². The second-order valence-corrected chi connectivity index (χ2v) is 6.21. The monoisotopic (exact) mass is 286 g/mol. The van der Waals surface area contributed by atoms with Crippen LogP contribution in [0.15, 0.2) is 48.5 Å². The van der Waals surface area contributed by atoms with Crippen LogP contribution in [-0.4, -0.2) is 17.1 Å². The Bertz CT molecular complexity index is 607. The lowest BCUT2D eigenvalue weighted by Gasteiger charge is -2.26. The molecule has 0 bridgehead atoms. The Labute approximate surface area is 123 Å². The van der Waals surface area contributed by atoms with E-state index in [1.54, 1.807) is 18.9 Å². The van der Waals surface area contributed by atoms with Gasteiger partial charge in [0.25, 0.3) is 0 Å². The minimum absolute atomic E-state index is 0.392. The van der Waals surface area contributed by atoms with Gasteiger partial charge in [0, 0.05) is 17.2 Å². The van der Waals surface area contributed by atoms with Crippen molar-refractivity contribution in [2.24, 2.45) is 0 Å². The van der Waals surface area contributed by atoms with Crippen molar-refractivity contribution in [3.63, 3.8) is 0 Å². The molecule has 1 unspecified atom stereocenters. The number of fused-ring (bicyclic) bond motifs is 1. The van der Waals surface area contributed by atoms with Crippen molar-refractivity contribution in [3.8, 4) is 5.75 Å². The molecule has 0 N–H and O–H groups in total. The minimum atomic E-state index is 0.392. The van der Waals surface area contributed by atoms with Crippen molar-refractivity contribution in [2.45, 2.75) is 5.92 Å². The molecule has 1 aliphatic rings. The van der Waals surface area contributed by atoms with Gasteiger partial charge in [-0.1, -0.05) is 42.5 Å². The van der Waals surface area contributed by atoms with Crippen LogP contribution in [0.1, 0.15) is 22.6 Å². The molecule has 1 atom stereocenters. The molecule has 1 heterocycles. The van der Waals surface area contributed by atoms with E-state index < -0.39 is 0 Å². The van der Waals surface area contributed by atoms with E-state index in [1.165, 1.54) is 16.7 Å². The summed E-state index contributed by atoms with van der Waals surface area (Å²) >= 11 is 7.23. The predicted octanol–water partition coefficient (Wildman–Crippen LogP) is 4.25. The molecule has 0 saturated heterocycles. The molecule has 0 spiro atoms. The summed E-state index contributed by atoms with van der Waals surface area (Å²) in [5, 5.41) is 0. The fraction of sp³-hybridized carbons (Fsp3) is 0.188. The highest BCUT2D eigenvalue weighted by atomic mass is 32.2. The number of hydrogen-bond acceptors (Lipinski definition) is 3. The summed E-state index contributed by atoms with van der Waals surface area (Å²) in [4.78, 5) is 0. The summed E-state index contributed by atoms with van der Waals surface area (Å²) in [6.45, 7) is 0. The summed E-state index contributed by atoms with van der Waals surface area (Å²) in [5.41, 5.74) is 3.81. The van der Waals surface area contributed by atoms with Crippen LogP contribution in [0, 0.1) is 0 Å². The van der Waals surface area contributed by atoms with E-state index in [4.69, 9.17) is 17.0 Å². The van der Waals surface area contributed by atoms with Crippen molar-refractivity contribution in [3.05, 3.63) is 65.2 Å². The Hall–Kier alpha value is -1.32. The lowest BCUT2D eigenvalue weighted by molar-refractivity contribution is 0.414. The number of benzene rings is 2. The van der Waals surface area contributed by atoms with Gasteiger partial charge in [-0.25, -0.2) is 0 Å². The third-order valence-electron chi connectivity index (χ3n) is 3.44. The molecule has 2 aromatic rings. The molecule has 0 radical (unpaired) electrons. The van der Waals surface area contributed by atoms with E-state index in [2.05, 4.69) is 42.5 Å². The van der Waals surface area contributed by atoms with E-state index in [0.29, 0.717) is 5.92 Å². The van der Waals surface area contributed by atoms with Crippen LogP contribution in [0.5, 0.6) is 5.75 Å². The van der Waals surface area contributed by atoms with Crippen molar-refractivity contribution in [1.82, 2.24) is 0 Å². The second kappa shape index (κ2) is 5.35. The predicted molar refractivity (Wildman–Crippen MR) is 85.4 cm³/mol. The largest absolute Gasteiger partial charge is 0.497 e. The lowest BCUT2D eigenvalue weighted by Crippen LogP contribution is -2.16. The van der Waals surface area contributed by atoms with E-state index >= 15 is 0 Å². The number of thioether (sulfide) groups is 1.